The van der Waals surface area contributed by atoms with Crippen molar-refractivity contribution in [2.24, 2.45) is 0 Å². The monoisotopic (exact) mass is 825 g/mol. The summed E-state index contributed by atoms with van der Waals surface area (Å²) in [5.41, 5.74) is 0.691. The van der Waals surface area contributed by atoms with E-state index in [9.17, 15) is 41.9 Å². The number of piperidine rings is 2. The van der Waals surface area contributed by atoms with Gasteiger partial charge in [-0.25, -0.2) is 0 Å². The Balaban J connectivity index is 0.843. The molecule has 0 bridgehead atoms. The molecule has 1 saturated carbocycles. The largest absolute Gasteiger partial charge is 0.417 e. The van der Waals surface area contributed by atoms with E-state index in [2.05, 4.69) is 41.5 Å². The first-order valence-corrected chi connectivity index (χ1v) is 19.9. The summed E-state index contributed by atoms with van der Waals surface area (Å²) in [4.78, 5) is 88.2. The summed E-state index contributed by atoms with van der Waals surface area (Å²) in [6.07, 6.45) is 1.78. The van der Waals surface area contributed by atoms with Crippen LogP contribution >= 0.6 is 0 Å². The van der Waals surface area contributed by atoms with Crippen molar-refractivity contribution in [3.63, 3.8) is 0 Å². The number of alkyl halides is 3. The first-order chi connectivity index (χ1) is 28.8. The normalized spacial score (nSPS) is 18.7. The molecule has 6 amide bonds. The zero-order valence-corrected chi connectivity index (χ0v) is 32.6. The Morgan fingerprint density at radius 2 is 1.67 bits per heavy atom. The van der Waals surface area contributed by atoms with Gasteiger partial charge in [0.1, 0.15) is 11.7 Å². The van der Waals surface area contributed by atoms with Crippen molar-refractivity contribution in [2.75, 3.05) is 43.9 Å². The molecule has 1 atom stereocenters. The van der Waals surface area contributed by atoms with Crippen LogP contribution in [0.3, 0.4) is 0 Å². The second-order valence-corrected chi connectivity index (χ2v) is 15.4. The second-order valence-electron chi connectivity index (χ2n) is 15.4. The number of carbonyl (C=O) groups is 6. The number of likely N-dealkylation sites (tertiary alicyclic amines) is 1. The van der Waals surface area contributed by atoms with Gasteiger partial charge in [0.05, 0.1) is 33.5 Å². The summed E-state index contributed by atoms with van der Waals surface area (Å²) < 4.78 is 43.0. The lowest BCUT2D eigenvalue weighted by Gasteiger charge is -2.33. The molecule has 8 rings (SSSR count). The number of amides is 6. The van der Waals surface area contributed by atoms with Gasteiger partial charge in [0, 0.05) is 74.2 Å². The van der Waals surface area contributed by atoms with E-state index in [1.165, 1.54) is 30.6 Å². The maximum absolute atomic E-state index is 14.3. The van der Waals surface area contributed by atoms with E-state index in [1.807, 2.05) is 0 Å². The zero-order chi connectivity index (χ0) is 42.3. The minimum atomic E-state index is -4.72. The smallest absolute Gasteiger partial charge is 0.387 e. The van der Waals surface area contributed by atoms with Crippen molar-refractivity contribution in [3.05, 3.63) is 82.8 Å². The molecule has 0 radical (unpaired) electrons. The maximum atomic E-state index is 14.3. The molecule has 3 fully saturated rings. The van der Waals surface area contributed by atoms with Crippen LogP contribution in [0.1, 0.15) is 92.1 Å². The number of anilines is 2. The Morgan fingerprint density at radius 1 is 0.883 bits per heavy atom. The van der Waals surface area contributed by atoms with Gasteiger partial charge in [0.25, 0.3) is 23.6 Å². The van der Waals surface area contributed by atoms with E-state index in [0.29, 0.717) is 36.3 Å². The van der Waals surface area contributed by atoms with Crippen molar-refractivity contribution >= 4 is 57.7 Å². The number of aromatic nitrogens is 2. The number of halogens is 3. The van der Waals surface area contributed by atoms with Gasteiger partial charge in [-0.15, -0.1) is 0 Å². The van der Waals surface area contributed by atoms with Crippen molar-refractivity contribution in [2.45, 2.75) is 69.2 Å². The quantitative estimate of drug-likeness (QED) is 0.101. The van der Waals surface area contributed by atoms with Gasteiger partial charge in [-0.05, 0) is 81.0 Å². The third-order valence-electron chi connectivity index (χ3n) is 11.4. The number of pyridine rings is 2. The molecule has 312 valence electrons. The molecule has 1 unspecified atom stereocenters. The lowest BCUT2D eigenvalue weighted by Crippen LogP contribution is -2.54. The highest BCUT2D eigenvalue weighted by atomic mass is 19.4. The Kier molecular flexibility index (Phi) is 11.0. The topological polar surface area (TPSA) is 195 Å². The molecule has 2 saturated heterocycles. The third-order valence-corrected chi connectivity index (χ3v) is 11.4. The number of fused-ring (bicyclic) bond motifs is 2. The maximum Gasteiger partial charge on any atom is 0.417 e. The molecule has 2 aromatic carbocycles. The van der Waals surface area contributed by atoms with Gasteiger partial charge in [-0.3, -0.25) is 49.0 Å². The fraction of sp³-hybridized carbons (Fsp3) is 0.381. The first-order valence-electron chi connectivity index (χ1n) is 19.9. The number of hydrogen-bond acceptors (Lipinski definition) is 11. The molecule has 4 aliphatic rings. The molecule has 4 aromatic rings. The summed E-state index contributed by atoms with van der Waals surface area (Å²) in [6.45, 7) is 2.53. The van der Waals surface area contributed by atoms with Gasteiger partial charge < -0.3 is 26.2 Å². The van der Waals surface area contributed by atoms with Crippen LogP contribution in [-0.4, -0.2) is 107 Å². The van der Waals surface area contributed by atoms with Crippen LogP contribution in [0.25, 0.3) is 22.0 Å². The predicted molar refractivity (Wildman–Crippen MR) is 213 cm³/mol. The lowest BCUT2D eigenvalue weighted by atomic mass is 9.96. The minimum absolute atomic E-state index is 0.0221. The first kappa shape index (κ1) is 40.4. The average Bonchev–Trinajstić information content (AvgIpc) is 4.02. The van der Waals surface area contributed by atoms with Crippen LogP contribution < -0.4 is 26.6 Å². The number of nitrogens with one attached hydrogen (secondary N) is 5. The molecule has 15 nitrogen and oxygen atoms in total. The molecule has 60 heavy (non-hydrogen) atoms. The van der Waals surface area contributed by atoms with Crippen LogP contribution in [0.5, 0.6) is 0 Å². The van der Waals surface area contributed by atoms with E-state index < -0.39 is 47.3 Å². The summed E-state index contributed by atoms with van der Waals surface area (Å²) in [5, 5.41) is 14.6. The van der Waals surface area contributed by atoms with Crippen LogP contribution in [-0.2, 0) is 15.8 Å². The molecule has 18 heteroatoms. The number of imide groups is 2. The molecule has 2 aromatic heterocycles. The Hall–Kier alpha value is -6.43. The van der Waals surface area contributed by atoms with E-state index in [-0.39, 0.29) is 69.9 Å². The van der Waals surface area contributed by atoms with E-state index >= 15 is 0 Å². The number of rotatable bonds is 12. The second kappa shape index (κ2) is 16.3. The summed E-state index contributed by atoms with van der Waals surface area (Å²) in [6, 6.07) is 9.13. The Bertz CT molecular complexity index is 2410. The molecular formula is C42H42F3N9O6. The number of nitrogens with zero attached hydrogens (tertiary/aromatic N) is 4. The fourth-order valence-electron chi connectivity index (χ4n) is 8.08. The average molecular weight is 826 g/mol. The van der Waals surface area contributed by atoms with Crippen LogP contribution in [0.2, 0.25) is 0 Å². The summed E-state index contributed by atoms with van der Waals surface area (Å²) >= 11 is 0. The van der Waals surface area contributed by atoms with Crippen LogP contribution in [0, 0.1) is 0 Å². The summed E-state index contributed by atoms with van der Waals surface area (Å²) in [7, 11) is 1.59. The molecular weight excluding hydrogens is 784 g/mol. The van der Waals surface area contributed by atoms with Gasteiger partial charge >= 0.3 is 6.18 Å². The van der Waals surface area contributed by atoms with Gasteiger partial charge in [-0.1, -0.05) is 12.1 Å². The van der Waals surface area contributed by atoms with Crippen molar-refractivity contribution < 1.29 is 41.9 Å². The van der Waals surface area contributed by atoms with Crippen LogP contribution in [0.15, 0.2) is 54.9 Å². The fourth-order valence-corrected chi connectivity index (χ4v) is 8.08. The Morgan fingerprint density at radius 3 is 2.35 bits per heavy atom. The van der Waals surface area contributed by atoms with Crippen LogP contribution in [0.4, 0.5) is 24.5 Å². The van der Waals surface area contributed by atoms with Gasteiger partial charge in [0.2, 0.25) is 11.8 Å². The number of hydrogen-bond donors (Lipinski definition) is 5. The highest BCUT2D eigenvalue weighted by Gasteiger charge is 2.46. The third kappa shape index (κ3) is 8.10. The standard InChI is InChI=1S/C42H42F3N9O6/c1-46-36-27-18-26(29(42(43,44)45)19-32(27)49-21-28(36)37(56)51-23-7-8-23)22-6-9-31(48-20-22)38(57)47-14-3-15-53-16-12-24(13-17-53)50-30-5-2-4-25-35(30)41(60)54(40(25)59)33-10-11-34(55)52-39(33)58/h2,4-6,9,18-21,23-24,33,50H,3,7-8,10-17H2,1H3,(H,46,49)(H,47,57)(H,51,56)(H,52,55,58). The van der Waals surface area contributed by atoms with E-state index in [0.717, 1.165) is 49.7 Å². The number of benzene rings is 2. The molecule has 1 aliphatic carbocycles. The Labute approximate surface area is 341 Å². The van der Waals surface area contributed by atoms with E-state index in [1.54, 1.807) is 25.2 Å². The lowest BCUT2D eigenvalue weighted by molar-refractivity contribution is -0.137. The molecule has 5 heterocycles. The SMILES string of the molecule is CNc1c(C(=O)NC2CC2)cnc2cc(C(F)(F)F)c(-c3ccc(C(=O)NCCCN4CCC(Nc5cccc6c5C(=O)N(C5CCC(=O)NC5=O)C6=O)CC4)nc3)cc12. The minimum Gasteiger partial charge on any atom is -0.387 e. The van der Waals surface area contributed by atoms with Crippen molar-refractivity contribution in [1.82, 2.24) is 35.7 Å². The number of carbonyl (C=O) groups excluding carboxylic acids is 6. The molecule has 3 aliphatic heterocycles. The van der Waals surface area contributed by atoms with Gasteiger partial charge in [-0.2, -0.15) is 13.2 Å². The zero-order valence-electron chi connectivity index (χ0n) is 32.6. The van der Waals surface area contributed by atoms with Crippen molar-refractivity contribution in [1.29, 1.82) is 0 Å². The van der Waals surface area contributed by atoms with E-state index in [4.69, 9.17) is 0 Å². The van der Waals surface area contributed by atoms with Crippen molar-refractivity contribution in [3.8, 4) is 11.1 Å². The highest BCUT2D eigenvalue weighted by Crippen LogP contribution is 2.41. The van der Waals surface area contributed by atoms with Gasteiger partial charge in [0.15, 0.2) is 0 Å². The molecule has 5 N–H and O–H groups in total. The predicted octanol–water partition coefficient (Wildman–Crippen LogP) is 4.35. The summed E-state index contributed by atoms with van der Waals surface area (Å²) in [5.74, 6) is -3.05. The highest BCUT2D eigenvalue weighted by molar-refractivity contribution is 6.25. The molecule has 0 spiro atoms.